The Balaban J connectivity index is 1.17. The molecule has 1 saturated heterocycles. The highest BCUT2D eigenvalue weighted by atomic mass is 32.1. The van der Waals surface area contributed by atoms with E-state index in [4.69, 9.17) is 4.98 Å². The van der Waals surface area contributed by atoms with Gasteiger partial charge >= 0.3 is 5.97 Å². The second-order valence-corrected chi connectivity index (χ2v) is 11.2. The SMILES string of the molecule is Cc1nc2n(c(=O)c1CCN1CCN(c3cccc4sccc34)CC1)CCCC2c1ccccc1C(=O)O. The monoisotopic (exact) mass is 528 g/mol. The molecule has 196 valence electrons. The van der Waals surface area contributed by atoms with E-state index in [-0.39, 0.29) is 17.0 Å². The summed E-state index contributed by atoms with van der Waals surface area (Å²) in [6.07, 6.45) is 2.29. The lowest BCUT2D eigenvalue weighted by Gasteiger charge is -2.36. The summed E-state index contributed by atoms with van der Waals surface area (Å²) in [4.78, 5) is 35.3. The number of carboxylic acids is 1. The third-order valence-corrected chi connectivity index (χ3v) is 9.00. The number of hydrogen-bond acceptors (Lipinski definition) is 6. The number of thiophene rings is 1. The summed E-state index contributed by atoms with van der Waals surface area (Å²) >= 11 is 1.78. The average Bonchev–Trinajstić information content (AvgIpc) is 3.42. The van der Waals surface area contributed by atoms with E-state index < -0.39 is 5.97 Å². The Hall–Kier alpha value is -3.49. The summed E-state index contributed by atoms with van der Waals surface area (Å²) < 4.78 is 3.13. The van der Waals surface area contributed by atoms with Gasteiger partial charge in [-0.15, -0.1) is 11.3 Å². The number of hydrogen-bond donors (Lipinski definition) is 1. The first-order chi connectivity index (χ1) is 18.5. The van der Waals surface area contributed by atoms with Crippen molar-refractivity contribution in [1.29, 1.82) is 0 Å². The molecule has 0 spiro atoms. The minimum atomic E-state index is -0.944. The van der Waals surface area contributed by atoms with Gasteiger partial charge < -0.3 is 10.0 Å². The van der Waals surface area contributed by atoms with E-state index in [0.717, 1.165) is 62.4 Å². The summed E-state index contributed by atoms with van der Waals surface area (Å²) in [5.41, 5.74) is 3.93. The fourth-order valence-corrected chi connectivity index (χ4v) is 6.91. The first-order valence-corrected chi connectivity index (χ1v) is 14.2. The van der Waals surface area contributed by atoms with Crippen LogP contribution in [0.2, 0.25) is 0 Å². The third-order valence-electron chi connectivity index (χ3n) is 8.12. The Kier molecular flexibility index (Phi) is 6.76. The van der Waals surface area contributed by atoms with Crippen LogP contribution < -0.4 is 10.5 Å². The van der Waals surface area contributed by atoms with Crippen molar-refractivity contribution in [1.82, 2.24) is 14.5 Å². The lowest BCUT2D eigenvalue weighted by Crippen LogP contribution is -2.47. The van der Waals surface area contributed by atoms with Crippen LogP contribution in [0.5, 0.6) is 0 Å². The molecule has 2 aliphatic rings. The topological polar surface area (TPSA) is 78.7 Å². The van der Waals surface area contributed by atoms with Crippen LogP contribution in [-0.2, 0) is 13.0 Å². The largest absolute Gasteiger partial charge is 0.478 e. The molecule has 4 heterocycles. The molecule has 8 heteroatoms. The molecule has 4 aromatic rings. The molecule has 2 aliphatic heterocycles. The quantitative estimate of drug-likeness (QED) is 0.389. The number of piperazine rings is 1. The molecule has 1 unspecified atom stereocenters. The van der Waals surface area contributed by atoms with Crippen molar-refractivity contribution in [2.24, 2.45) is 0 Å². The average molecular weight is 529 g/mol. The maximum absolute atomic E-state index is 13.6. The number of carboxylic acid groups (broad SMARTS) is 1. The maximum atomic E-state index is 13.6. The number of carbonyl (C=O) groups is 1. The second kappa shape index (κ2) is 10.3. The summed E-state index contributed by atoms with van der Waals surface area (Å²) in [5.74, 6) is -0.426. The summed E-state index contributed by atoms with van der Waals surface area (Å²) in [5, 5.41) is 13.2. The Labute approximate surface area is 226 Å². The number of aromatic nitrogens is 2. The van der Waals surface area contributed by atoms with Crippen molar-refractivity contribution in [2.75, 3.05) is 37.6 Å². The normalized spacial score (nSPS) is 18.0. The van der Waals surface area contributed by atoms with Crippen molar-refractivity contribution in [2.45, 2.75) is 38.6 Å². The molecule has 1 N–H and O–H groups in total. The van der Waals surface area contributed by atoms with Gasteiger partial charge in [-0.3, -0.25) is 14.3 Å². The van der Waals surface area contributed by atoms with E-state index in [0.29, 0.717) is 18.8 Å². The lowest BCUT2D eigenvalue weighted by atomic mass is 9.87. The van der Waals surface area contributed by atoms with Gasteiger partial charge in [-0.1, -0.05) is 24.3 Å². The van der Waals surface area contributed by atoms with Crippen molar-refractivity contribution in [3.05, 3.63) is 92.5 Å². The number of anilines is 1. The molecular weight excluding hydrogens is 496 g/mol. The number of fused-ring (bicyclic) bond motifs is 2. The fraction of sp³-hybridized carbons (Fsp3) is 0.367. The smallest absolute Gasteiger partial charge is 0.335 e. The minimum Gasteiger partial charge on any atom is -0.478 e. The number of rotatable bonds is 6. The lowest BCUT2D eigenvalue weighted by molar-refractivity contribution is 0.0695. The molecule has 0 bridgehead atoms. The zero-order valence-corrected chi connectivity index (χ0v) is 22.4. The van der Waals surface area contributed by atoms with E-state index in [2.05, 4.69) is 39.4 Å². The van der Waals surface area contributed by atoms with Crippen molar-refractivity contribution in [3.8, 4) is 0 Å². The summed E-state index contributed by atoms with van der Waals surface area (Å²) in [6, 6.07) is 15.9. The molecule has 1 atom stereocenters. The molecule has 2 aromatic heterocycles. The Morgan fingerprint density at radius 2 is 1.87 bits per heavy atom. The second-order valence-electron chi connectivity index (χ2n) is 10.3. The van der Waals surface area contributed by atoms with Gasteiger partial charge in [0.05, 0.1) is 5.56 Å². The van der Waals surface area contributed by atoms with Crippen molar-refractivity contribution >= 4 is 33.1 Å². The van der Waals surface area contributed by atoms with Crippen LogP contribution in [-0.4, -0.2) is 58.3 Å². The van der Waals surface area contributed by atoms with E-state index in [9.17, 15) is 14.7 Å². The Morgan fingerprint density at radius 1 is 1.05 bits per heavy atom. The Morgan fingerprint density at radius 3 is 2.68 bits per heavy atom. The molecule has 6 rings (SSSR count). The Bertz CT molecular complexity index is 1550. The van der Waals surface area contributed by atoms with Crippen LogP contribution >= 0.6 is 11.3 Å². The van der Waals surface area contributed by atoms with Crippen LogP contribution in [0.1, 0.15) is 51.8 Å². The van der Waals surface area contributed by atoms with E-state index in [1.165, 1.54) is 15.8 Å². The fourth-order valence-electron chi connectivity index (χ4n) is 6.10. The number of benzene rings is 2. The first-order valence-electron chi connectivity index (χ1n) is 13.4. The van der Waals surface area contributed by atoms with E-state index in [1.807, 2.05) is 19.1 Å². The molecule has 38 heavy (non-hydrogen) atoms. The van der Waals surface area contributed by atoms with Crippen molar-refractivity contribution in [3.63, 3.8) is 0 Å². The van der Waals surface area contributed by atoms with Gasteiger partial charge in [0, 0.05) is 72.2 Å². The van der Waals surface area contributed by atoms with Crippen LogP contribution in [0.15, 0.2) is 58.7 Å². The van der Waals surface area contributed by atoms with Crippen LogP contribution in [0.4, 0.5) is 5.69 Å². The molecule has 7 nitrogen and oxygen atoms in total. The minimum absolute atomic E-state index is 0.0350. The van der Waals surface area contributed by atoms with Crippen LogP contribution in [0.3, 0.4) is 0 Å². The van der Waals surface area contributed by atoms with E-state index >= 15 is 0 Å². The summed E-state index contributed by atoms with van der Waals surface area (Å²) in [6.45, 7) is 7.26. The predicted molar refractivity (Wildman–Crippen MR) is 152 cm³/mol. The van der Waals surface area contributed by atoms with Crippen LogP contribution in [0, 0.1) is 6.92 Å². The number of aryl methyl sites for hydroxylation is 1. The van der Waals surface area contributed by atoms with Crippen molar-refractivity contribution < 1.29 is 9.90 Å². The first kappa shape index (κ1) is 24.8. The predicted octanol–water partition coefficient (Wildman–Crippen LogP) is 4.76. The molecule has 0 aliphatic carbocycles. The standard InChI is InChI=1S/C30H32N4O3S/c1-20-21(11-14-32-15-17-33(18-16-32)26-9-4-10-27-25(26)12-19-38-27)29(35)34-13-5-8-23(28(34)31-20)22-6-2-3-7-24(22)30(36)37/h2-4,6-7,9-10,12,19,23H,5,8,11,13-18H2,1H3,(H,36,37). The van der Waals surface area contributed by atoms with Gasteiger partial charge in [0.2, 0.25) is 0 Å². The zero-order valence-electron chi connectivity index (χ0n) is 21.6. The van der Waals surface area contributed by atoms with Gasteiger partial charge in [0.15, 0.2) is 0 Å². The zero-order chi connectivity index (χ0) is 26.2. The third kappa shape index (κ3) is 4.52. The molecule has 0 saturated carbocycles. The number of aromatic carboxylic acids is 1. The highest BCUT2D eigenvalue weighted by Crippen LogP contribution is 2.34. The highest BCUT2D eigenvalue weighted by molar-refractivity contribution is 7.17. The molecule has 2 aromatic carbocycles. The van der Waals surface area contributed by atoms with Gasteiger partial charge in [-0.25, -0.2) is 9.78 Å². The maximum Gasteiger partial charge on any atom is 0.335 e. The molecule has 1 fully saturated rings. The summed E-state index contributed by atoms with van der Waals surface area (Å²) in [7, 11) is 0. The highest BCUT2D eigenvalue weighted by Gasteiger charge is 2.29. The molecule has 0 amide bonds. The van der Waals surface area contributed by atoms with E-state index in [1.54, 1.807) is 28.0 Å². The van der Waals surface area contributed by atoms with Gasteiger partial charge in [-0.2, -0.15) is 0 Å². The van der Waals surface area contributed by atoms with Gasteiger partial charge in [0.25, 0.3) is 5.56 Å². The van der Waals surface area contributed by atoms with Crippen LogP contribution in [0.25, 0.3) is 10.1 Å². The van der Waals surface area contributed by atoms with Gasteiger partial charge in [0.1, 0.15) is 5.82 Å². The molecular formula is C30H32N4O3S. The van der Waals surface area contributed by atoms with Gasteiger partial charge in [-0.05, 0) is 61.4 Å². The molecule has 0 radical (unpaired) electrons. The number of nitrogens with zero attached hydrogens (tertiary/aromatic N) is 4.